The van der Waals surface area contributed by atoms with Crippen LogP contribution in [0.3, 0.4) is 0 Å². The van der Waals surface area contributed by atoms with Crippen molar-refractivity contribution in [3.8, 4) is 45.7 Å². The van der Waals surface area contributed by atoms with Gasteiger partial charge in [0.15, 0.2) is 28.8 Å². The smallest absolute Gasteiger partial charge is 0.203 e. The first kappa shape index (κ1) is 25.4. The molecule has 0 saturated heterocycles. The summed E-state index contributed by atoms with van der Waals surface area (Å²) < 4.78 is 28.8. The summed E-state index contributed by atoms with van der Waals surface area (Å²) in [6.45, 7) is 0. The van der Waals surface area contributed by atoms with Gasteiger partial charge in [0.1, 0.15) is 5.69 Å². The Morgan fingerprint density at radius 2 is 1.41 bits per heavy atom. The zero-order chi connectivity index (χ0) is 26.4. The van der Waals surface area contributed by atoms with Gasteiger partial charge in [-0.15, -0.1) is 0 Å². The van der Waals surface area contributed by atoms with Crippen LogP contribution in [0.25, 0.3) is 23.0 Å². The topological polar surface area (TPSA) is 81.0 Å². The van der Waals surface area contributed by atoms with Gasteiger partial charge in [0.2, 0.25) is 5.75 Å². The number of aromatic nitrogens is 2. The molecule has 0 unspecified atom stereocenters. The molecule has 8 heteroatoms. The zero-order valence-electron chi connectivity index (χ0n) is 21.3. The summed E-state index contributed by atoms with van der Waals surface area (Å²) in [5.41, 5.74) is 3.52. The molecule has 0 fully saturated rings. The Labute approximate surface area is 215 Å². The van der Waals surface area contributed by atoms with Crippen molar-refractivity contribution >= 4 is 11.9 Å². The van der Waals surface area contributed by atoms with Crippen LogP contribution in [0.1, 0.15) is 15.9 Å². The van der Waals surface area contributed by atoms with E-state index in [-0.39, 0.29) is 5.78 Å². The number of hydrogen-bond acceptors (Lipinski definition) is 7. The Hall–Kier alpha value is -4.72. The van der Waals surface area contributed by atoms with Gasteiger partial charge in [-0.2, -0.15) is 5.10 Å². The monoisotopic (exact) mass is 500 g/mol. The molecule has 3 aromatic carbocycles. The van der Waals surface area contributed by atoms with Crippen LogP contribution in [-0.4, -0.2) is 51.1 Å². The maximum atomic E-state index is 13.2. The van der Waals surface area contributed by atoms with Crippen molar-refractivity contribution in [2.75, 3.05) is 35.5 Å². The standard InChI is InChI=1S/C29H28N2O6/c1-33-24-14-12-19(15-25(24)34-2)28-20(18-31(30-28)22-9-7-6-8-10-22)11-13-23(32)21-16-26(35-3)29(37-5)27(17-21)36-4/h6-18H,1-5H3. The lowest BCUT2D eigenvalue weighted by molar-refractivity contribution is 0.104. The van der Waals surface area contributed by atoms with E-state index in [2.05, 4.69) is 0 Å². The summed E-state index contributed by atoms with van der Waals surface area (Å²) in [6, 6.07) is 18.6. The van der Waals surface area contributed by atoms with E-state index in [0.717, 1.165) is 16.8 Å². The van der Waals surface area contributed by atoms with Crippen molar-refractivity contribution in [2.24, 2.45) is 0 Å². The van der Waals surface area contributed by atoms with E-state index in [1.54, 1.807) is 37.1 Å². The molecular weight excluding hydrogens is 472 g/mol. The number of allylic oxidation sites excluding steroid dienone is 1. The van der Waals surface area contributed by atoms with Gasteiger partial charge in [-0.05, 0) is 54.6 Å². The lowest BCUT2D eigenvalue weighted by Crippen LogP contribution is -2.00. The van der Waals surface area contributed by atoms with Crippen LogP contribution in [0.2, 0.25) is 0 Å². The van der Waals surface area contributed by atoms with Crippen molar-refractivity contribution in [1.82, 2.24) is 9.78 Å². The summed E-state index contributed by atoms with van der Waals surface area (Å²) in [5.74, 6) is 2.19. The maximum absolute atomic E-state index is 13.2. The van der Waals surface area contributed by atoms with Gasteiger partial charge in [-0.25, -0.2) is 4.68 Å². The number of ether oxygens (including phenoxy) is 5. The zero-order valence-corrected chi connectivity index (χ0v) is 21.3. The highest BCUT2D eigenvalue weighted by Crippen LogP contribution is 2.38. The molecule has 0 aliphatic heterocycles. The summed E-state index contributed by atoms with van der Waals surface area (Å²) in [4.78, 5) is 13.2. The summed E-state index contributed by atoms with van der Waals surface area (Å²) in [7, 11) is 7.71. The third-order valence-corrected chi connectivity index (χ3v) is 5.78. The molecule has 0 bridgehead atoms. The SMILES string of the molecule is COc1ccc(-c2nn(-c3ccccc3)cc2C=CC(=O)c2cc(OC)c(OC)c(OC)c2)cc1OC. The Morgan fingerprint density at radius 1 is 0.757 bits per heavy atom. The molecule has 4 rings (SSSR count). The highest BCUT2D eigenvalue weighted by molar-refractivity contribution is 6.08. The predicted molar refractivity (Wildman–Crippen MR) is 142 cm³/mol. The molecule has 190 valence electrons. The van der Waals surface area contributed by atoms with Crippen molar-refractivity contribution in [2.45, 2.75) is 0 Å². The molecule has 0 amide bonds. The fourth-order valence-corrected chi connectivity index (χ4v) is 3.92. The molecule has 0 aliphatic carbocycles. The predicted octanol–water partition coefficient (Wildman–Crippen LogP) is 5.48. The van der Waals surface area contributed by atoms with Crippen molar-refractivity contribution in [3.63, 3.8) is 0 Å². The van der Waals surface area contributed by atoms with Gasteiger partial charge in [0.05, 0.1) is 41.2 Å². The normalized spacial score (nSPS) is 10.8. The third kappa shape index (κ3) is 5.28. The minimum absolute atomic E-state index is 0.232. The van der Waals surface area contributed by atoms with Gasteiger partial charge in [-0.3, -0.25) is 4.79 Å². The molecule has 1 aromatic heterocycles. The van der Waals surface area contributed by atoms with Crippen LogP contribution in [-0.2, 0) is 0 Å². The van der Waals surface area contributed by atoms with E-state index in [4.69, 9.17) is 28.8 Å². The largest absolute Gasteiger partial charge is 0.493 e. The van der Waals surface area contributed by atoms with Crippen LogP contribution in [0.5, 0.6) is 28.7 Å². The number of benzene rings is 3. The molecule has 0 atom stereocenters. The van der Waals surface area contributed by atoms with E-state index in [1.165, 1.54) is 27.4 Å². The molecule has 4 aromatic rings. The van der Waals surface area contributed by atoms with Gasteiger partial charge < -0.3 is 23.7 Å². The number of nitrogens with zero attached hydrogens (tertiary/aromatic N) is 2. The number of hydrogen-bond donors (Lipinski definition) is 0. The van der Waals surface area contributed by atoms with Crippen LogP contribution in [0, 0.1) is 0 Å². The average molecular weight is 501 g/mol. The van der Waals surface area contributed by atoms with Gasteiger partial charge >= 0.3 is 0 Å². The quantitative estimate of drug-likeness (QED) is 0.211. The number of para-hydroxylation sites is 1. The molecular formula is C29H28N2O6. The van der Waals surface area contributed by atoms with Crippen molar-refractivity contribution in [1.29, 1.82) is 0 Å². The second-order valence-corrected chi connectivity index (χ2v) is 7.89. The minimum Gasteiger partial charge on any atom is -0.493 e. The molecule has 1 heterocycles. The fourth-order valence-electron chi connectivity index (χ4n) is 3.92. The van der Waals surface area contributed by atoms with Gasteiger partial charge in [0.25, 0.3) is 0 Å². The number of methoxy groups -OCH3 is 5. The summed E-state index contributed by atoms with van der Waals surface area (Å²) >= 11 is 0. The highest BCUT2D eigenvalue weighted by atomic mass is 16.5. The first-order chi connectivity index (χ1) is 18.0. The van der Waals surface area contributed by atoms with E-state index < -0.39 is 0 Å². The first-order valence-electron chi connectivity index (χ1n) is 11.4. The van der Waals surface area contributed by atoms with E-state index in [9.17, 15) is 4.79 Å². The van der Waals surface area contributed by atoms with Crippen LogP contribution >= 0.6 is 0 Å². The fraction of sp³-hybridized carbons (Fsp3) is 0.172. The van der Waals surface area contributed by atoms with E-state index >= 15 is 0 Å². The van der Waals surface area contributed by atoms with Gasteiger partial charge in [0, 0.05) is 22.9 Å². The van der Waals surface area contributed by atoms with Crippen LogP contribution in [0.4, 0.5) is 0 Å². The molecule has 0 N–H and O–H groups in total. The van der Waals surface area contributed by atoms with Crippen LogP contribution < -0.4 is 23.7 Å². The summed E-state index contributed by atoms with van der Waals surface area (Å²) in [6.07, 6.45) is 5.11. The highest BCUT2D eigenvalue weighted by Gasteiger charge is 2.17. The number of ketones is 1. The molecule has 0 saturated carbocycles. The Morgan fingerprint density at radius 3 is 2.00 bits per heavy atom. The number of rotatable bonds is 10. The second kappa shape index (κ2) is 11.3. The van der Waals surface area contributed by atoms with E-state index in [1.807, 2.05) is 54.7 Å². The number of carbonyl (C=O) groups is 1. The Kier molecular flexibility index (Phi) is 7.78. The lowest BCUT2D eigenvalue weighted by atomic mass is 10.0. The Balaban J connectivity index is 1.76. The number of carbonyl (C=O) groups excluding carboxylic acids is 1. The molecule has 0 spiro atoms. The lowest BCUT2D eigenvalue weighted by Gasteiger charge is -2.13. The average Bonchev–Trinajstić information content (AvgIpc) is 3.39. The van der Waals surface area contributed by atoms with E-state index in [0.29, 0.717) is 40.0 Å². The van der Waals surface area contributed by atoms with Crippen molar-refractivity contribution < 1.29 is 28.5 Å². The molecule has 37 heavy (non-hydrogen) atoms. The Bertz CT molecular complexity index is 1400. The molecule has 8 nitrogen and oxygen atoms in total. The van der Waals surface area contributed by atoms with Crippen LogP contribution in [0.15, 0.2) is 72.9 Å². The minimum atomic E-state index is -0.232. The second-order valence-electron chi connectivity index (χ2n) is 7.89. The van der Waals surface area contributed by atoms with Gasteiger partial charge in [-0.1, -0.05) is 18.2 Å². The maximum Gasteiger partial charge on any atom is 0.203 e. The van der Waals surface area contributed by atoms with Crippen molar-refractivity contribution in [3.05, 3.63) is 84.1 Å². The third-order valence-electron chi connectivity index (χ3n) is 5.78. The molecule has 0 radical (unpaired) electrons. The molecule has 0 aliphatic rings. The first-order valence-corrected chi connectivity index (χ1v) is 11.4. The summed E-state index contributed by atoms with van der Waals surface area (Å²) in [5, 5.41) is 4.81.